The number of ether oxygens (including phenoxy) is 1. The third-order valence-electron chi connectivity index (χ3n) is 7.64. The Morgan fingerprint density at radius 3 is 2.53 bits per heavy atom. The molecule has 1 aromatic rings. The number of nitrogens with one attached hydrogen (secondary N) is 1. The molecule has 196 valence electrons. The van der Waals surface area contributed by atoms with Gasteiger partial charge in [0.1, 0.15) is 11.6 Å². The minimum Gasteiger partial charge on any atom is -0.444 e. The van der Waals surface area contributed by atoms with Crippen molar-refractivity contribution in [1.82, 2.24) is 10.2 Å². The number of benzene rings is 1. The second-order valence-corrected chi connectivity index (χ2v) is 14.9. The number of amides is 2. The Hall–Kier alpha value is -2.07. The molecule has 6 atom stereocenters. The number of thioether (sulfide) groups is 1. The molecule has 2 bridgehead atoms. The second-order valence-electron chi connectivity index (χ2n) is 11.6. The molecule has 0 unspecified atom stereocenters. The molecule has 2 heterocycles. The first-order chi connectivity index (χ1) is 17.0. The summed E-state index contributed by atoms with van der Waals surface area (Å²) in [7, 11) is -3.10. The maximum Gasteiger partial charge on any atom is 0.408 e. The monoisotopic (exact) mass is 533 g/mol. The fourth-order valence-electron chi connectivity index (χ4n) is 6.20. The molecule has 2 amide bonds. The van der Waals surface area contributed by atoms with E-state index in [1.165, 1.54) is 24.6 Å². The molecule has 0 spiro atoms. The first-order valence-electron chi connectivity index (χ1n) is 12.8. The van der Waals surface area contributed by atoms with Gasteiger partial charge in [0.2, 0.25) is 0 Å². The molecule has 10 heteroatoms. The van der Waals surface area contributed by atoms with Gasteiger partial charge in [0.25, 0.3) is 5.91 Å². The number of aliphatic imine (C=N–C) groups is 1. The number of carbonyl (C=O) groups is 2. The Morgan fingerprint density at radius 1 is 1.14 bits per heavy atom. The largest absolute Gasteiger partial charge is 0.444 e. The van der Waals surface area contributed by atoms with Crippen molar-refractivity contribution in [3.8, 4) is 0 Å². The van der Waals surface area contributed by atoms with E-state index in [9.17, 15) is 18.0 Å². The van der Waals surface area contributed by atoms with Gasteiger partial charge in [0.15, 0.2) is 15.0 Å². The molecule has 1 aromatic carbocycles. The van der Waals surface area contributed by atoms with Gasteiger partial charge in [-0.15, -0.1) is 0 Å². The van der Waals surface area contributed by atoms with Crippen LogP contribution in [0, 0.1) is 11.8 Å². The third kappa shape index (κ3) is 5.59. The van der Waals surface area contributed by atoms with Crippen LogP contribution in [-0.4, -0.2) is 71.0 Å². The second kappa shape index (κ2) is 9.67. The van der Waals surface area contributed by atoms with Gasteiger partial charge in [-0.1, -0.05) is 48.5 Å². The van der Waals surface area contributed by atoms with E-state index in [-0.39, 0.29) is 35.3 Å². The van der Waals surface area contributed by atoms with Crippen molar-refractivity contribution in [3.63, 3.8) is 0 Å². The lowest BCUT2D eigenvalue weighted by Crippen LogP contribution is -2.48. The zero-order valence-corrected chi connectivity index (χ0v) is 22.7. The van der Waals surface area contributed by atoms with Crippen LogP contribution in [-0.2, 0) is 25.8 Å². The lowest BCUT2D eigenvalue weighted by atomic mass is 9.93. The van der Waals surface area contributed by atoms with Gasteiger partial charge < -0.3 is 15.0 Å². The van der Waals surface area contributed by atoms with E-state index >= 15 is 0 Å². The van der Waals surface area contributed by atoms with Crippen LogP contribution in [0.4, 0.5) is 4.79 Å². The fourth-order valence-corrected chi connectivity index (χ4v) is 10.2. The van der Waals surface area contributed by atoms with Crippen LogP contribution in [0.1, 0.15) is 52.0 Å². The summed E-state index contributed by atoms with van der Waals surface area (Å²) < 4.78 is 30.3. The average Bonchev–Trinajstić information content (AvgIpc) is 3.52. The highest BCUT2D eigenvalue weighted by atomic mass is 32.2. The average molecular weight is 534 g/mol. The van der Waals surface area contributed by atoms with E-state index in [1.807, 2.05) is 30.3 Å². The molecule has 8 nitrogen and oxygen atoms in total. The summed E-state index contributed by atoms with van der Waals surface area (Å²) in [5.74, 6) is 1.01. The molecule has 0 radical (unpaired) electrons. The van der Waals surface area contributed by atoms with E-state index in [0.717, 1.165) is 18.4 Å². The molecule has 36 heavy (non-hydrogen) atoms. The van der Waals surface area contributed by atoms with Gasteiger partial charge in [0.05, 0.1) is 17.5 Å². The molecular weight excluding hydrogens is 498 g/mol. The van der Waals surface area contributed by atoms with Crippen molar-refractivity contribution in [2.75, 3.05) is 11.5 Å². The number of nitrogens with zero attached hydrogens (tertiary/aromatic N) is 2. The SMILES string of the molecule is CC(C)(C)OC(=O)N[C@H](Cc1ccccc1)C(=O)N=C1S[C@H]2CS(=O)(=O)C[C@@H]2N1[C@@H]1C[C@@H]2CC[C@@H]1C2. The quantitative estimate of drug-likeness (QED) is 0.618. The normalized spacial score (nSPS) is 32.5. The minimum absolute atomic E-state index is 0.105. The number of sulfone groups is 1. The van der Waals surface area contributed by atoms with E-state index in [0.29, 0.717) is 17.0 Å². The predicted octanol–water partition coefficient (Wildman–Crippen LogP) is 3.41. The summed E-state index contributed by atoms with van der Waals surface area (Å²) in [4.78, 5) is 32.9. The summed E-state index contributed by atoms with van der Waals surface area (Å²) >= 11 is 1.42. The van der Waals surface area contributed by atoms with Gasteiger partial charge >= 0.3 is 6.09 Å². The molecule has 2 saturated heterocycles. The fraction of sp³-hybridized carbons (Fsp3) is 0.654. The first kappa shape index (κ1) is 25.6. The van der Waals surface area contributed by atoms with Crippen molar-refractivity contribution in [1.29, 1.82) is 0 Å². The van der Waals surface area contributed by atoms with Gasteiger partial charge in [-0.2, -0.15) is 4.99 Å². The van der Waals surface area contributed by atoms with Crippen LogP contribution in [0.15, 0.2) is 35.3 Å². The van der Waals surface area contributed by atoms with Crippen LogP contribution in [0.2, 0.25) is 0 Å². The van der Waals surface area contributed by atoms with Crippen molar-refractivity contribution in [3.05, 3.63) is 35.9 Å². The lowest BCUT2D eigenvalue weighted by Gasteiger charge is -2.36. The number of alkyl carbamates (subject to hydrolysis) is 1. The van der Waals surface area contributed by atoms with E-state index in [4.69, 9.17) is 4.74 Å². The van der Waals surface area contributed by atoms with Crippen LogP contribution >= 0.6 is 11.8 Å². The molecule has 4 aliphatic rings. The number of carbonyl (C=O) groups excluding carboxylic acids is 2. The molecule has 1 N–H and O–H groups in total. The number of fused-ring (bicyclic) bond motifs is 3. The summed E-state index contributed by atoms with van der Waals surface area (Å²) in [6.07, 6.45) is 4.22. The minimum atomic E-state index is -3.10. The van der Waals surface area contributed by atoms with E-state index < -0.39 is 33.5 Å². The molecule has 2 saturated carbocycles. The predicted molar refractivity (Wildman–Crippen MR) is 141 cm³/mol. The van der Waals surface area contributed by atoms with Gasteiger partial charge in [0, 0.05) is 17.7 Å². The van der Waals surface area contributed by atoms with Crippen molar-refractivity contribution >= 4 is 38.8 Å². The third-order valence-corrected chi connectivity index (χ3v) is 10.9. The Labute approximate surface area is 217 Å². The van der Waals surface area contributed by atoms with Crippen molar-refractivity contribution in [2.45, 2.75) is 81.9 Å². The molecule has 2 aliphatic heterocycles. The Morgan fingerprint density at radius 2 is 1.89 bits per heavy atom. The van der Waals surface area contributed by atoms with Gasteiger partial charge in [-0.3, -0.25) is 4.79 Å². The topological polar surface area (TPSA) is 105 Å². The van der Waals surface area contributed by atoms with Crippen molar-refractivity contribution < 1.29 is 22.7 Å². The number of amidine groups is 1. The highest BCUT2D eigenvalue weighted by molar-refractivity contribution is 8.15. The highest BCUT2D eigenvalue weighted by Gasteiger charge is 2.54. The standard InChI is InChI=1S/C26H35N3O5S2/c1-26(2,3)34-25(31)27-19(12-16-7-5-4-6-8-16)23(30)28-24-29(20-13-17-9-10-18(20)11-17)21-14-36(32,33)15-22(21)35-24/h4-8,17-22H,9-15H2,1-3H3,(H,27,31)/t17-,18-,19-,20-,21+,22+/m1/s1. The first-order valence-corrected chi connectivity index (χ1v) is 15.5. The maximum atomic E-state index is 13.6. The number of rotatable bonds is 5. The van der Waals surface area contributed by atoms with Crippen molar-refractivity contribution in [2.24, 2.45) is 16.8 Å². The van der Waals surface area contributed by atoms with Crippen LogP contribution in [0.3, 0.4) is 0 Å². The lowest BCUT2D eigenvalue weighted by molar-refractivity contribution is -0.119. The Kier molecular flexibility index (Phi) is 6.87. The van der Waals surface area contributed by atoms with E-state index in [2.05, 4.69) is 15.2 Å². The Balaban J connectivity index is 1.41. The van der Waals surface area contributed by atoms with Gasteiger partial charge in [-0.05, 0) is 57.4 Å². The molecule has 4 fully saturated rings. The molecule has 2 aliphatic carbocycles. The molecular formula is C26H35N3O5S2. The summed E-state index contributed by atoms with van der Waals surface area (Å²) in [6, 6.07) is 8.71. The summed E-state index contributed by atoms with van der Waals surface area (Å²) in [6.45, 7) is 5.32. The van der Waals surface area contributed by atoms with E-state index in [1.54, 1.807) is 20.8 Å². The highest BCUT2D eigenvalue weighted by Crippen LogP contribution is 2.51. The van der Waals surface area contributed by atoms with Crippen LogP contribution in [0.25, 0.3) is 0 Å². The number of hydrogen-bond acceptors (Lipinski definition) is 6. The molecule has 0 aromatic heterocycles. The summed E-state index contributed by atoms with van der Waals surface area (Å²) in [5.41, 5.74) is 0.207. The molecule has 5 rings (SSSR count). The summed E-state index contributed by atoms with van der Waals surface area (Å²) in [5, 5.41) is 3.24. The smallest absolute Gasteiger partial charge is 0.408 e. The van der Waals surface area contributed by atoms with Crippen LogP contribution < -0.4 is 5.32 Å². The number of hydrogen-bond donors (Lipinski definition) is 1. The maximum absolute atomic E-state index is 13.6. The zero-order chi connectivity index (χ0) is 25.7. The van der Waals surface area contributed by atoms with Crippen LogP contribution in [0.5, 0.6) is 0 Å². The zero-order valence-electron chi connectivity index (χ0n) is 21.1. The van der Waals surface area contributed by atoms with Gasteiger partial charge in [-0.25, -0.2) is 13.2 Å². The Bertz CT molecular complexity index is 1150.